The summed E-state index contributed by atoms with van der Waals surface area (Å²) in [5, 5.41) is 0.356. The highest BCUT2D eigenvalue weighted by atomic mass is 35.5. The van der Waals surface area contributed by atoms with Crippen molar-refractivity contribution in [2.24, 2.45) is 0 Å². The van der Waals surface area contributed by atoms with Gasteiger partial charge in [0.15, 0.2) is 12.4 Å². The van der Waals surface area contributed by atoms with Crippen LogP contribution in [-0.4, -0.2) is 22.1 Å². The van der Waals surface area contributed by atoms with Crippen LogP contribution in [0.4, 0.5) is 8.78 Å². The van der Waals surface area contributed by atoms with Crippen molar-refractivity contribution in [3.05, 3.63) is 59.4 Å². The number of carbonyl (C=O) groups is 1. The monoisotopic (exact) mass is 366 g/mol. The van der Waals surface area contributed by atoms with Crippen LogP contribution in [0.2, 0.25) is 5.02 Å². The molecule has 1 heterocycles. The van der Waals surface area contributed by atoms with Gasteiger partial charge in [0.25, 0.3) is 0 Å². The Labute approximate surface area is 146 Å². The molecular weight excluding hydrogens is 354 g/mol. The second-order valence-electron chi connectivity index (χ2n) is 5.04. The third-order valence-electron chi connectivity index (χ3n) is 3.41. The lowest BCUT2D eigenvalue weighted by Crippen LogP contribution is -2.16. The molecule has 3 aromatic rings. The van der Waals surface area contributed by atoms with Gasteiger partial charge in [0, 0.05) is 0 Å². The second kappa shape index (κ2) is 7.48. The number of fused-ring (bicyclic) bond motifs is 1. The summed E-state index contributed by atoms with van der Waals surface area (Å²) in [6.07, 6.45) is 0. The quantitative estimate of drug-likeness (QED) is 0.613. The zero-order valence-corrected chi connectivity index (χ0v) is 13.6. The molecule has 0 N–H and O–H groups in total. The summed E-state index contributed by atoms with van der Waals surface area (Å²) in [6, 6.07) is 13.1. The van der Waals surface area contributed by atoms with Crippen molar-refractivity contribution in [1.29, 1.82) is 0 Å². The molecule has 130 valence electrons. The average molecular weight is 367 g/mol. The minimum atomic E-state index is -2.79. The van der Waals surface area contributed by atoms with Crippen LogP contribution in [-0.2, 0) is 16.1 Å². The van der Waals surface area contributed by atoms with E-state index in [0.717, 1.165) is 4.57 Å². The van der Waals surface area contributed by atoms with Gasteiger partial charge in [-0.15, -0.1) is 0 Å². The molecule has 5 nitrogen and oxygen atoms in total. The summed E-state index contributed by atoms with van der Waals surface area (Å²) in [5.74, 6) is -0.420. The van der Waals surface area contributed by atoms with Crippen molar-refractivity contribution in [1.82, 2.24) is 9.55 Å². The third-order valence-corrected chi connectivity index (χ3v) is 3.72. The molecule has 0 atom stereocenters. The van der Waals surface area contributed by atoms with E-state index in [0.29, 0.717) is 16.3 Å². The van der Waals surface area contributed by atoms with Gasteiger partial charge in [0.2, 0.25) is 0 Å². The molecule has 0 radical (unpaired) electrons. The first-order valence-electron chi connectivity index (χ1n) is 7.33. The second-order valence-corrected chi connectivity index (χ2v) is 5.45. The van der Waals surface area contributed by atoms with Crippen LogP contribution in [0.5, 0.6) is 5.75 Å². The largest absolute Gasteiger partial charge is 0.480 e. The van der Waals surface area contributed by atoms with Gasteiger partial charge in [-0.1, -0.05) is 35.9 Å². The summed E-state index contributed by atoms with van der Waals surface area (Å²) in [4.78, 5) is 15.9. The Morgan fingerprint density at radius 2 is 1.88 bits per heavy atom. The van der Waals surface area contributed by atoms with E-state index in [2.05, 4.69) is 4.98 Å². The van der Waals surface area contributed by atoms with Crippen molar-refractivity contribution in [3.8, 4) is 5.75 Å². The number of carbonyl (C=O) groups excluding carboxylic acids is 1. The molecule has 0 saturated carbocycles. The fraction of sp³-hybridized carbons (Fsp3) is 0.176. The molecule has 8 heteroatoms. The molecule has 3 rings (SSSR count). The first kappa shape index (κ1) is 17.2. The molecule has 0 aliphatic carbocycles. The number of hydrogen-bond acceptors (Lipinski definition) is 4. The van der Waals surface area contributed by atoms with Crippen LogP contribution in [0.1, 0.15) is 12.4 Å². The van der Waals surface area contributed by atoms with E-state index in [-0.39, 0.29) is 17.9 Å². The molecule has 0 amide bonds. The van der Waals surface area contributed by atoms with E-state index < -0.39 is 19.1 Å². The third kappa shape index (κ3) is 3.88. The predicted octanol–water partition coefficient (Wildman–Crippen LogP) is 4.21. The minimum absolute atomic E-state index is 0.0395. The first-order valence-corrected chi connectivity index (χ1v) is 7.71. The van der Waals surface area contributed by atoms with Crippen LogP contribution in [0, 0.1) is 0 Å². The maximum absolute atomic E-state index is 13.3. The molecule has 0 saturated heterocycles. The number of hydrogen-bond donors (Lipinski definition) is 0. The van der Waals surface area contributed by atoms with Crippen molar-refractivity contribution in [2.45, 2.75) is 13.2 Å². The Hall–Kier alpha value is -2.67. The van der Waals surface area contributed by atoms with Crippen LogP contribution in [0.15, 0.2) is 48.5 Å². The van der Waals surface area contributed by atoms with E-state index in [9.17, 15) is 13.6 Å². The Kier molecular flexibility index (Phi) is 5.14. The number of imidazole rings is 1. The van der Waals surface area contributed by atoms with E-state index in [1.165, 1.54) is 6.07 Å². The van der Waals surface area contributed by atoms with Crippen molar-refractivity contribution < 1.29 is 23.0 Å². The van der Waals surface area contributed by atoms with Crippen LogP contribution < -0.4 is 4.74 Å². The highest BCUT2D eigenvalue weighted by Gasteiger charge is 2.18. The van der Waals surface area contributed by atoms with Crippen LogP contribution >= 0.6 is 11.6 Å². The molecule has 0 bridgehead atoms. The Balaban J connectivity index is 1.65. The molecule has 0 aliphatic heterocycles. The fourth-order valence-electron chi connectivity index (χ4n) is 2.30. The maximum atomic E-state index is 13.3. The smallest absolute Gasteiger partial charge is 0.344 e. The van der Waals surface area contributed by atoms with Gasteiger partial charge in [-0.25, -0.2) is 9.78 Å². The lowest BCUT2D eigenvalue weighted by atomic mass is 10.3. The molecular formula is C17H13ClF2N2O3. The van der Waals surface area contributed by atoms with Crippen LogP contribution in [0.3, 0.4) is 0 Å². The highest BCUT2D eigenvalue weighted by molar-refractivity contribution is 6.32. The Morgan fingerprint density at radius 3 is 2.64 bits per heavy atom. The van der Waals surface area contributed by atoms with Crippen molar-refractivity contribution in [2.75, 3.05) is 6.61 Å². The molecule has 1 aromatic heterocycles. The van der Waals surface area contributed by atoms with Gasteiger partial charge in [-0.2, -0.15) is 8.78 Å². The lowest BCUT2D eigenvalue weighted by Gasteiger charge is -2.10. The number of alkyl halides is 2. The van der Waals surface area contributed by atoms with E-state index >= 15 is 0 Å². The fourth-order valence-corrected chi connectivity index (χ4v) is 2.49. The van der Waals surface area contributed by atoms with Gasteiger partial charge in [-0.05, 0) is 24.3 Å². The SMILES string of the molecule is O=C(COc1ccccc1Cl)OCc1nc2ccccc2n1C(F)F. The molecule has 0 spiro atoms. The summed E-state index contributed by atoms with van der Waals surface area (Å²) in [6.45, 7) is -3.57. The minimum Gasteiger partial charge on any atom is -0.480 e. The molecule has 0 unspecified atom stereocenters. The first-order chi connectivity index (χ1) is 12.1. The zero-order chi connectivity index (χ0) is 17.8. The number of nitrogens with zero attached hydrogens (tertiary/aromatic N) is 2. The number of halogens is 3. The number of benzene rings is 2. The number of esters is 1. The van der Waals surface area contributed by atoms with Gasteiger partial charge in [0.1, 0.15) is 12.4 Å². The van der Waals surface area contributed by atoms with Crippen LogP contribution in [0.25, 0.3) is 11.0 Å². The van der Waals surface area contributed by atoms with Gasteiger partial charge >= 0.3 is 12.5 Å². The van der Waals surface area contributed by atoms with Crippen molar-refractivity contribution in [3.63, 3.8) is 0 Å². The molecule has 25 heavy (non-hydrogen) atoms. The Morgan fingerprint density at radius 1 is 1.16 bits per heavy atom. The molecule has 0 aliphatic rings. The van der Waals surface area contributed by atoms with E-state index in [1.54, 1.807) is 42.5 Å². The highest BCUT2D eigenvalue weighted by Crippen LogP contribution is 2.24. The van der Waals surface area contributed by atoms with Gasteiger partial charge in [-0.3, -0.25) is 4.57 Å². The van der Waals surface area contributed by atoms with Gasteiger partial charge in [0.05, 0.1) is 16.1 Å². The van der Waals surface area contributed by atoms with Gasteiger partial charge < -0.3 is 9.47 Å². The number of rotatable bonds is 6. The molecule has 2 aromatic carbocycles. The Bertz CT molecular complexity index is 898. The summed E-state index contributed by atoms with van der Waals surface area (Å²) in [7, 11) is 0. The predicted molar refractivity (Wildman–Crippen MR) is 87.7 cm³/mol. The van der Waals surface area contributed by atoms with E-state index in [1.807, 2.05) is 0 Å². The normalized spacial score (nSPS) is 11.0. The molecule has 0 fully saturated rings. The number of aromatic nitrogens is 2. The summed E-state index contributed by atoms with van der Waals surface area (Å²) >= 11 is 5.91. The lowest BCUT2D eigenvalue weighted by molar-refractivity contribution is -0.147. The number of para-hydroxylation sites is 3. The zero-order valence-electron chi connectivity index (χ0n) is 12.9. The average Bonchev–Trinajstić information content (AvgIpc) is 2.98. The topological polar surface area (TPSA) is 53.4 Å². The van der Waals surface area contributed by atoms with E-state index in [4.69, 9.17) is 21.1 Å². The summed E-state index contributed by atoms with van der Waals surface area (Å²) in [5.41, 5.74) is 0.678. The summed E-state index contributed by atoms with van der Waals surface area (Å²) < 4.78 is 37.5. The standard InChI is InChI=1S/C17H13ClF2N2O3/c18-11-5-1-4-8-14(11)24-10-16(23)25-9-15-21-12-6-2-3-7-13(12)22(15)17(19)20/h1-8,17H,9-10H2. The van der Waals surface area contributed by atoms with Crippen molar-refractivity contribution >= 4 is 28.6 Å². The maximum Gasteiger partial charge on any atom is 0.344 e. The number of ether oxygens (including phenoxy) is 2.